The van der Waals surface area contributed by atoms with E-state index >= 15 is 0 Å². The molecule has 4 aliphatic rings. The Labute approximate surface area is 346 Å². The van der Waals surface area contributed by atoms with Gasteiger partial charge in [0, 0.05) is 37.6 Å². The number of hydrogen-bond acceptors (Lipinski definition) is 3. The lowest BCUT2D eigenvalue weighted by Gasteiger charge is -2.47. The van der Waals surface area contributed by atoms with E-state index in [1.807, 2.05) is 0 Å². The number of hydrogen-bond donors (Lipinski definition) is 0. The highest BCUT2D eigenvalue weighted by Gasteiger charge is 2.49. The summed E-state index contributed by atoms with van der Waals surface area (Å²) in [5, 5.41) is 1.41. The van der Waals surface area contributed by atoms with E-state index < -0.39 is 0 Å². The predicted molar refractivity (Wildman–Crippen MR) is 250 cm³/mol. The van der Waals surface area contributed by atoms with Gasteiger partial charge < -0.3 is 9.80 Å². The van der Waals surface area contributed by atoms with Gasteiger partial charge in [0.1, 0.15) is 0 Å². The molecule has 1 aromatic heterocycles. The van der Waals surface area contributed by atoms with E-state index in [9.17, 15) is 0 Å². The Morgan fingerprint density at radius 3 is 1.67 bits per heavy atom. The summed E-state index contributed by atoms with van der Waals surface area (Å²) < 4.78 is 2.90. The summed E-state index contributed by atoms with van der Waals surface area (Å²) in [4.78, 5) is 5.37. The molecule has 2 aliphatic heterocycles. The second-order valence-corrected chi connectivity index (χ2v) is 22.1. The van der Waals surface area contributed by atoms with E-state index in [1.165, 1.54) is 119 Å². The topological polar surface area (TPSA) is 6.48 Å². The maximum atomic E-state index is 2.70. The smallest absolute Gasteiger partial charge is 0.264 e. The number of benzene rings is 5. The Morgan fingerprint density at radius 2 is 1.09 bits per heavy atom. The zero-order valence-electron chi connectivity index (χ0n) is 36.4. The van der Waals surface area contributed by atoms with Crippen molar-refractivity contribution in [2.24, 2.45) is 0 Å². The van der Waals surface area contributed by atoms with Crippen LogP contribution in [0.4, 0.5) is 34.1 Å². The van der Waals surface area contributed by atoms with Gasteiger partial charge in [-0.3, -0.25) is 0 Å². The molecule has 0 unspecified atom stereocenters. The molecule has 0 radical (unpaired) electrons. The largest absolute Gasteiger partial charge is 0.311 e. The Bertz CT molecular complexity index is 2640. The summed E-state index contributed by atoms with van der Waals surface area (Å²) in [6.07, 6.45) is 4.82. The van der Waals surface area contributed by atoms with E-state index in [1.54, 1.807) is 5.56 Å². The van der Waals surface area contributed by atoms with Crippen molar-refractivity contribution < 1.29 is 0 Å². The average molecular weight is 767 g/mol. The lowest BCUT2D eigenvalue weighted by molar-refractivity contribution is 0.332. The van der Waals surface area contributed by atoms with Gasteiger partial charge in [-0.05, 0) is 159 Å². The van der Waals surface area contributed by atoms with E-state index in [0.29, 0.717) is 5.92 Å². The third-order valence-corrected chi connectivity index (χ3v) is 16.2. The van der Waals surface area contributed by atoms with Crippen LogP contribution >= 0.6 is 11.3 Å². The Hall–Kier alpha value is -4.28. The van der Waals surface area contributed by atoms with Crippen molar-refractivity contribution in [2.45, 2.75) is 136 Å². The lowest BCUT2D eigenvalue weighted by Crippen LogP contribution is -2.61. The third kappa shape index (κ3) is 5.27. The first-order valence-electron chi connectivity index (χ1n) is 21.6. The molecule has 57 heavy (non-hydrogen) atoms. The van der Waals surface area contributed by atoms with Crippen LogP contribution in [0.2, 0.25) is 0 Å². The van der Waals surface area contributed by atoms with Gasteiger partial charge in [-0.2, -0.15) is 0 Å². The SMILES string of the molecule is Cc1cccc(C)c1N1c2cc3c(cc2B2c4sc5cc6c(cc5c4N(c4ccccc4)c4cc(C(C)C)cc1c42)C(C)(C)CCC6(C)C)C(C)(C)CCC3(C)C. The molecule has 0 fully saturated rings. The molecule has 2 aliphatic carbocycles. The summed E-state index contributed by atoms with van der Waals surface area (Å²) in [7, 11) is 0. The fourth-order valence-corrected chi connectivity index (χ4v) is 12.5. The van der Waals surface area contributed by atoms with E-state index in [2.05, 4.69) is 189 Å². The Balaban J connectivity index is 1.39. The molecule has 0 amide bonds. The summed E-state index contributed by atoms with van der Waals surface area (Å²) >= 11 is 2.07. The molecule has 0 bridgehead atoms. The van der Waals surface area contributed by atoms with Gasteiger partial charge in [0.25, 0.3) is 6.71 Å². The summed E-state index contributed by atoms with van der Waals surface area (Å²) in [5.41, 5.74) is 21.5. The van der Waals surface area contributed by atoms with Crippen LogP contribution in [0.25, 0.3) is 10.1 Å². The second-order valence-electron chi connectivity index (χ2n) is 21.0. The maximum Gasteiger partial charge on any atom is 0.264 e. The molecule has 0 N–H and O–H groups in total. The standard InChI is InChI=1S/C53H59BN2S/c1-31(2)34-25-43-46-44(26-34)56(47-32(3)17-16-18-33(47)4)42-29-39-38(51(7,8)22-23-52(39,9)10)28-41(42)54(46)49-48(55(43)35-19-14-13-15-20-35)36-27-37-40(30-45(36)57-49)53(11,12)24-21-50(37,5)6/h13-20,25-31H,21-24H2,1-12H3. The molecular formula is C53H59BN2S. The highest BCUT2D eigenvalue weighted by Crippen LogP contribution is 2.54. The van der Waals surface area contributed by atoms with E-state index in [-0.39, 0.29) is 28.4 Å². The molecule has 0 saturated heterocycles. The van der Waals surface area contributed by atoms with Gasteiger partial charge in [-0.25, -0.2) is 0 Å². The monoisotopic (exact) mass is 766 g/mol. The molecule has 5 aromatic carbocycles. The zero-order valence-corrected chi connectivity index (χ0v) is 37.2. The van der Waals surface area contributed by atoms with Crippen molar-refractivity contribution in [2.75, 3.05) is 9.80 Å². The van der Waals surface area contributed by atoms with Crippen LogP contribution in [0.5, 0.6) is 0 Å². The predicted octanol–water partition coefficient (Wildman–Crippen LogP) is 13.4. The maximum absolute atomic E-state index is 2.70. The minimum Gasteiger partial charge on any atom is -0.311 e. The normalized spacial score (nSPS) is 19.2. The molecule has 0 spiro atoms. The van der Waals surface area contributed by atoms with Crippen molar-refractivity contribution in [3.63, 3.8) is 0 Å². The quantitative estimate of drug-likeness (QED) is 0.165. The van der Waals surface area contributed by atoms with Gasteiger partial charge in [0.05, 0.1) is 11.4 Å². The second kappa shape index (κ2) is 12.1. The molecule has 10 rings (SSSR count). The minimum atomic E-state index is 0.0929. The molecule has 3 heterocycles. The van der Waals surface area contributed by atoms with Crippen LogP contribution < -0.4 is 25.5 Å². The fraction of sp³-hybridized carbons (Fsp3) is 0.396. The van der Waals surface area contributed by atoms with Crippen LogP contribution in [0.3, 0.4) is 0 Å². The van der Waals surface area contributed by atoms with Gasteiger partial charge in [0.2, 0.25) is 0 Å². The molecular weight excluding hydrogens is 707 g/mol. The van der Waals surface area contributed by atoms with Crippen LogP contribution in [0, 0.1) is 13.8 Å². The van der Waals surface area contributed by atoms with Crippen molar-refractivity contribution in [3.05, 3.63) is 124 Å². The first kappa shape index (κ1) is 37.0. The lowest BCUT2D eigenvalue weighted by atomic mass is 9.35. The van der Waals surface area contributed by atoms with Crippen LogP contribution in [-0.2, 0) is 21.7 Å². The van der Waals surface area contributed by atoms with Gasteiger partial charge in [0.15, 0.2) is 0 Å². The van der Waals surface area contributed by atoms with E-state index in [4.69, 9.17) is 0 Å². The van der Waals surface area contributed by atoms with Crippen LogP contribution in [0.1, 0.15) is 140 Å². The van der Waals surface area contributed by atoms with Gasteiger partial charge in [-0.15, -0.1) is 11.3 Å². The first-order chi connectivity index (χ1) is 26.9. The molecule has 4 heteroatoms. The average Bonchev–Trinajstić information content (AvgIpc) is 3.53. The van der Waals surface area contributed by atoms with Crippen molar-refractivity contribution in [1.29, 1.82) is 0 Å². The molecule has 290 valence electrons. The molecule has 0 saturated carbocycles. The summed E-state index contributed by atoms with van der Waals surface area (Å²) in [6, 6.07) is 33.8. The first-order valence-corrected chi connectivity index (χ1v) is 22.4. The Morgan fingerprint density at radius 1 is 0.561 bits per heavy atom. The highest BCUT2D eigenvalue weighted by molar-refractivity contribution is 7.33. The summed E-state index contributed by atoms with van der Waals surface area (Å²) in [6.45, 7) is 29.3. The minimum absolute atomic E-state index is 0.0929. The van der Waals surface area contributed by atoms with Gasteiger partial charge in [-0.1, -0.05) is 112 Å². The van der Waals surface area contributed by atoms with Gasteiger partial charge >= 0.3 is 0 Å². The van der Waals surface area contributed by atoms with E-state index in [0.717, 1.165) is 0 Å². The number of nitrogens with zero attached hydrogens (tertiary/aromatic N) is 2. The summed E-state index contributed by atoms with van der Waals surface area (Å²) in [5.74, 6) is 0.364. The van der Waals surface area contributed by atoms with Crippen molar-refractivity contribution in [1.82, 2.24) is 0 Å². The molecule has 0 atom stereocenters. The number of fused-ring (bicyclic) bond motifs is 8. The Kier molecular flexibility index (Phi) is 7.88. The van der Waals surface area contributed by atoms with Crippen LogP contribution in [-0.4, -0.2) is 6.71 Å². The number of aryl methyl sites for hydroxylation is 2. The third-order valence-electron chi connectivity index (χ3n) is 15.0. The number of rotatable bonds is 3. The van der Waals surface area contributed by atoms with Crippen molar-refractivity contribution >= 4 is 78.0 Å². The number of para-hydroxylation sites is 2. The number of anilines is 6. The number of thiophene rings is 1. The zero-order chi connectivity index (χ0) is 40.1. The van der Waals surface area contributed by atoms with Crippen molar-refractivity contribution in [3.8, 4) is 0 Å². The highest BCUT2D eigenvalue weighted by atomic mass is 32.1. The molecule has 6 aromatic rings. The fourth-order valence-electron chi connectivity index (χ4n) is 11.2. The van der Waals surface area contributed by atoms with Crippen LogP contribution in [0.15, 0.2) is 84.9 Å². The molecule has 2 nitrogen and oxygen atoms in total.